The number of nitrogens with one attached hydrogen (secondary N) is 2. The summed E-state index contributed by atoms with van der Waals surface area (Å²) in [6.45, 7) is 5.97. The van der Waals surface area contributed by atoms with E-state index in [2.05, 4.69) is 10.9 Å². The summed E-state index contributed by atoms with van der Waals surface area (Å²) in [7, 11) is 0. The zero-order valence-electron chi connectivity index (χ0n) is 12.5. The fourth-order valence-electron chi connectivity index (χ4n) is 2.06. The van der Waals surface area contributed by atoms with Gasteiger partial charge in [-0.1, -0.05) is 57.5 Å². The predicted octanol–water partition coefficient (Wildman–Crippen LogP) is 2.76. The van der Waals surface area contributed by atoms with Crippen LogP contribution in [0.2, 0.25) is 0 Å². The van der Waals surface area contributed by atoms with Crippen LogP contribution in [0.15, 0.2) is 30.3 Å². The molecule has 0 aromatic heterocycles. The first-order valence-corrected chi connectivity index (χ1v) is 7.18. The Morgan fingerprint density at radius 2 is 1.75 bits per heavy atom. The van der Waals surface area contributed by atoms with Crippen LogP contribution in [0.5, 0.6) is 0 Å². The number of hydrogen-bond donors (Lipinski definition) is 2. The molecule has 0 saturated carbocycles. The maximum atomic E-state index is 12.2. The van der Waals surface area contributed by atoms with Gasteiger partial charge in [-0.15, -0.1) is 0 Å². The molecule has 1 atom stereocenters. The van der Waals surface area contributed by atoms with Gasteiger partial charge in [0.2, 0.25) is 11.8 Å². The summed E-state index contributed by atoms with van der Waals surface area (Å²) in [4.78, 5) is 23.7. The van der Waals surface area contributed by atoms with Crippen LogP contribution in [0.3, 0.4) is 0 Å². The lowest BCUT2D eigenvalue weighted by molar-refractivity contribution is -0.130. The average molecular weight is 276 g/mol. The lowest BCUT2D eigenvalue weighted by Crippen LogP contribution is -2.44. The van der Waals surface area contributed by atoms with Crippen molar-refractivity contribution in [1.82, 2.24) is 10.9 Å². The third-order valence-corrected chi connectivity index (χ3v) is 3.01. The Kier molecular flexibility index (Phi) is 6.77. The first-order chi connectivity index (χ1) is 9.54. The Morgan fingerprint density at radius 1 is 1.10 bits per heavy atom. The van der Waals surface area contributed by atoms with Gasteiger partial charge in [0.15, 0.2) is 0 Å². The molecule has 4 heteroatoms. The van der Waals surface area contributed by atoms with Crippen LogP contribution in [0.25, 0.3) is 0 Å². The molecule has 0 saturated heterocycles. The minimum absolute atomic E-state index is 0.156. The molecular weight excluding hydrogens is 252 g/mol. The number of carbonyl (C=O) groups excluding carboxylic acids is 2. The fourth-order valence-corrected chi connectivity index (χ4v) is 2.06. The number of rotatable bonds is 6. The smallest absolute Gasteiger partial charge is 0.245 e. The molecule has 0 aliphatic rings. The quantitative estimate of drug-likeness (QED) is 0.785. The summed E-state index contributed by atoms with van der Waals surface area (Å²) in [5.41, 5.74) is 5.99. The van der Waals surface area contributed by atoms with Crippen LogP contribution >= 0.6 is 0 Å². The average Bonchev–Trinajstić information content (AvgIpc) is 2.42. The van der Waals surface area contributed by atoms with Gasteiger partial charge >= 0.3 is 0 Å². The van der Waals surface area contributed by atoms with Crippen molar-refractivity contribution in [3.05, 3.63) is 35.9 Å². The molecule has 0 bridgehead atoms. The van der Waals surface area contributed by atoms with E-state index < -0.39 is 0 Å². The molecule has 2 N–H and O–H groups in total. The van der Waals surface area contributed by atoms with Crippen molar-refractivity contribution in [2.75, 3.05) is 0 Å². The number of carbonyl (C=O) groups is 2. The Hall–Kier alpha value is -1.84. The van der Waals surface area contributed by atoms with Crippen LogP contribution in [0.1, 0.15) is 51.5 Å². The van der Waals surface area contributed by atoms with E-state index in [9.17, 15) is 9.59 Å². The van der Waals surface area contributed by atoms with Crippen molar-refractivity contribution in [1.29, 1.82) is 0 Å². The number of amides is 2. The van der Waals surface area contributed by atoms with E-state index in [-0.39, 0.29) is 23.7 Å². The molecule has 2 amide bonds. The zero-order valence-corrected chi connectivity index (χ0v) is 12.5. The van der Waals surface area contributed by atoms with Crippen molar-refractivity contribution in [3.63, 3.8) is 0 Å². The molecule has 1 aromatic carbocycles. The van der Waals surface area contributed by atoms with Gasteiger partial charge in [-0.05, 0) is 17.9 Å². The van der Waals surface area contributed by atoms with Crippen molar-refractivity contribution >= 4 is 11.8 Å². The van der Waals surface area contributed by atoms with E-state index in [4.69, 9.17) is 0 Å². The summed E-state index contributed by atoms with van der Waals surface area (Å²) < 4.78 is 0. The van der Waals surface area contributed by atoms with Gasteiger partial charge in [-0.25, -0.2) is 0 Å². The van der Waals surface area contributed by atoms with Crippen LogP contribution in [0, 0.1) is 5.92 Å². The predicted molar refractivity (Wildman–Crippen MR) is 79.8 cm³/mol. The Balaban J connectivity index is 2.59. The molecule has 0 fully saturated rings. The fraction of sp³-hybridized carbons (Fsp3) is 0.500. The number of hydrogen-bond acceptors (Lipinski definition) is 2. The highest BCUT2D eigenvalue weighted by molar-refractivity contribution is 5.86. The van der Waals surface area contributed by atoms with Gasteiger partial charge < -0.3 is 0 Å². The molecular formula is C16H24N2O2. The van der Waals surface area contributed by atoms with Crippen molar-refractivity contribution in [2.45, 2.75) is 46.0 Å². The minimum Gasteiger partial charge on any atom is -0.273 e. The summed E-state index contributed by atoms with van der Waals surface area (Å²) in [6.07, 6.45) is 2.08. The maximum Gasteiger partial charge on any atom is 0.245 e. The molecule has 1 unspecified atom stereocenters. The first-order valence-electron chi connectivity index (χ1n) is 7.18. The van der Waals surface area contributed by atoms with Gasteiger partial charge in [-0.2, -0.15) is 0 Å². The normalized spacial score (nSPS) is 12.0. The van der Waals surface area contributed by atoms with Crippen molar-refractivity contribution < 1.29 is 9.59 Å². The van der Waals surface area contributed by atoms with Gasteiger partial charge in [0.1, 0.15) is 0 Å². The van der Waals surface area contributed by atoms with Gasteiger partial charge in [-0.3, -0.25) is 20.4 Å². The second-order valence-electron chi connectivity index (χ2n) is 5.39. The van der Waals surface area contributed by atoms with Gasteiger partial charge in [0, 0.05) is 6.42 Å². The lowest BCUT2D eigenvalue weighted by atomic mass is 9.94. The Labute approximate surface area is 120 Å². The van der Waals surface area contributed by atoms with E-state index in [1.165, 1.54) is 0 Å². The Bertz CT molecular complexity index is 429. The van der Waals surface area contributed by atoms with E-state index in [1.807, 2.05) is 51.1 Å². The molecule has 0 aliphatic carbocycles. The monoisotopic (exact) mass is 276 g/mol. The molecule has 110 valence electrons. The highest BCUT2D eigenvalue weighted by Crippen LogP contribution is 2.20. The summed E-state index contributed by atoms with van der Waals surface area (Å²) in [5.74, 6) is -0.264. The van der Waals surface area contributed by atoms with Crippen molar-refractivity contribution in [3.8, 4) is 0 Å². The molecule has 4 nitrogen and oxygen atoms in total. The highest BCUT2D eigenvalue weighted by Gasteiger charge is 2.19. The molecule has 0 heterocycles. The zero-order chi connectivity index (χ0) is 15.0. The van der Waals surface area contributed by atoms with E-state index in [0.29, 0.717) is 6.42 Å². The molecule has 1 rings (SSSR count). The number of hydrazine groups is 1. The van der Waals surface area contributed by atoms with Crippen LogP contribution in [-0.4, -0.2) is 11.8 Å². The molecule has 0 aliphatic heterocycles. The highest BCUT2D eigenvalue weighted by atomic mass is 16.2. The van der Waals surface area contributed by atoms with E-state index >= 15 is 0 Å². The SMILES string of the molecule is CCCC(C(=O)NNC(=O)CC(C)C)c1ccccc1. The summed E-state index contributed by atoms with van der Waals surface area (Å²) in [5, 5.41) is 0. The van der Waals surface area contributed by atoms with Crippen LogP contribution in [0.4, 0.5) is 0 Å². The second-order valence-corrected chi connectivity index (χ2v) is 5.39. The first kappa shape index (κ1) is 16.2. The maximum absolute atomic E-state index is 12.2. The minimum atomic E-state index is -0.222. The second kappa shape index (κ2) is 8.35. The molecule has 1 aromatic rings. The lowest BCUT2D eigenvalue weighted by Gasteiger charge is -2.17. The van der Waals surface area contributed by atoms with Gasteiger partial charge in [0.25, 0.3) is 0 Å². The largest absolute Gasteiger partial charge is 0.273 e. The third kappa shape index (κ3) is 5.43. The Morgan fingerprint density at radius 3 is 2.30 bits per heavy atom. The molecule has 0 spiro atoms. The van der Waals surface area contributed by atoms with Gasteiger partial charge in [0.05, 0.1) is 5.92 Å². The van der Waals surface area contributed by atoms with Crippen LogP contribution in [-0.2, 0) is 9.59 Å². The van der Waals surface area contributed by atoms with Crippen LogP contribution < -0.4 is 10.9 Å². The molecule has 0 radical (unpaired) electrons. The summed E-state index contributed by atoms with van der Waals surface area (Å²) in [6, 6.07) is 9.64. The van der Waals surface area contributed by atoms with E-state index in [0.717, 1.165) is 18.4 Å². The number of benzene rings is 1. The standard InChI is InChI=1S/C16H24N2O2/c1-4-8-14(13-9-6-5-7-10-13)16(20)18-17-15(19)11-12(2)3/h5-7,9-10,12,14H,4,8,11H2,1-3H3,(H,17,19)(H,18,20). The summed E-state index contributed by atoms with van der Waals surface area (Å²) >= 11 is 0. The van der Waals surface area contributed by atoms with Crippen molar-refractivity contribution in [2.24, 2.45) is 5.92 Å². The molecule has 20 heavy (non-hydrogen) atoms. The topological polar surface area (TPSA) is 58.2 Å². The third-order valence-electron chi connectivity index (χ3n) is 3.01. The van der Waals surface area contributed by atoms with E-state index in [1.54, 1.807) is 0 Å².